The molecule has 2 heterocycles. The first-order valence-electron chi connectivity index (χ1n) is 4.63. The number of nitrogens with zero attached hydrogens (tertiary/aromatic N) is 3. The molecule has 0 saturated carbocycles. The van der Waals surface area contributed by atoms with Crippen molar-refractivity contribution in [1.29, 1.82) is 0 Å². The van der Waals surface area contributed by atoms with E-state index in [1.54, 1.807) is 4.90 Å². The van der Waals surface area contributed by atoms with Gasteiger partial charge in [-0.2, -0.15) is 0 Å². The van der Waals surface area contributed by atoms with Crippen molar-refractivity contribution in [3.05, 3.63) is 9.47 Å². The molecule has 1 unspecified atom stereocenters. The second-order valence-corrected chi connectivity index (χ2v) is 4.90. The highest BCUT2D eigenvalue weighted by Crippen LogP contribution is 2.22. The fourth-order valence-corrected chi connectivity index (χ4v) is 2.49. The van der Waals surface area contributed by atoms with Crippen LogP contribution in [-0.4, -0.2) is 45.3 Å². The maximum atomic E-state index is 11.9. The van der Waals surface area contributed by atoms with Crippen LogP contribution in [0.2, 0.25) is 4.47 Å². The van der Waals surface area contributed by atoms with E-state index in [4.69, 9.17) is 16.7 Å². The summed E-state index contributed by atoms with van der Waals surface area (Å²) in [6.07, 6.45) is 1.76. The standard InChI is InChI=1S/C8H10ClN3O2S/c9-8-11-10-6(15-8)7(14)12-3-1-2-5(12)4-13/h5,13H,1-4H2. The minimum absolute atomic E-state index is 0.00171. The van der Waals surface area contributed by atoms with Gasteiger partial charge in [-0.05, 0) is 24.4 Å². The minimum Gasteiger partial charge on any atom is -0.394 e. The summed E-state index contributed by atoms with van der Waals surface area (Å²) in [6.45, 7) is 0.666. The van der Waals surface area contributed by atoms with Gasteiger partial charge in [0.15, 0.2) is 0 Å². The Balaban J connectivity index is 2.13. The Morgan fingerprint density at radius 2 is 2.47 bits per heavy atom. The van der Waals surface area contributed by atoms with E-state index < -0.39 is 0 Å². The van der Waals surface area contributed by atoms with Gasteiger partial charge in [-0.3, -0.25) is 4.79 Å². The second kappa shape index (κ2) is 4.42. The summed E-state index contributed by atoms with van der Waals surface area (Å²) < 4.78 is 0.262. The number of aliphatic hydroxyl groups is 1. The Labute approximate surface area is 95.7 Å². The van der Waals surface area contributed by atoms with Gasteiger partial charge in [-0.1, -0.05) is 11.3 Å². The average molecular weight is 248 g/mol. The molecule has 82 valence electrons. The Hall–Kier alpha value is -0.720. The van der Waals surface area contributed by atoms with Crippen LogP contribution in [0.4, 0.5) is 0 Å². The van der Waals surface area contributed by atoms with Gasteiger partial charge in [-0.25, -0.2) is 0 Å². The largest absolute Gasteiger partial charge is 0.394 e. The number of hydrogen-bond acceptors (Lipinski definition) is 5. The minimum atomic E-state index is -0.184. The van der Waals surface area contributed by atoms with Crippen molar-refractivity contribution in [2.24, 2.45) is 0 Å². The van der Waals surface area contributed by atoms with Crippen molar-refractivity contribution in [2.45, 2.75) is 18.9 Å². The first-order valence-corrected chi connectivity index (χ1v) is 5.82. The average Bonchev–Trinajstić information content (AvgIpc) is 2.84. The van der Waals surface area contributed by atoms with E-state index in [9.17, 15) is 4.79 Å². The van der Waals surface area contributed by atoms with Crippen LogP contribution in [0.15, 0.2) is 0 Å². The van der Waals surface area contributed by atoms with Gasteiger partial charge < -0.3 is 10.0 Å². The van der Waals surface area contributed by atoms with E-state index in [2.05, 4.69) is 10.2 Å². The first-order chi connectivity index (χ1) is 7.22. The van der Waals surface area contributed by atoms with Gasteiger partial charge >= 0.3 is 0 Å². The third kappa shape index (κ3) is 2.11. The van der Waals surface area contributed by atoms with Crippen molar-refractivity contribution < 1.29 is 9.90 Å². The Kier molecular flexibility index (Phi) is 3.18. The maximum Gasteiger partial charge on any atom is 0.285 e. The smallest absolute Gasteiger partial charge is 0.285 e. The lowest BCUT2D eigenvalue weighted by atomic mass is 10.2. The zero-order valence-corrected chi connectivity index (χ0v) is 9.46. The molecule has 7 heteroatoms. The Bertz CT molecular complexity index is 371. The molecule has 1 aromatic rings. The number of carbonyl (C=O) groups is 1. The molecule has 1 aliphatic rings. The Morgan fingerprint density at radius 3 is 3.07 bits per heavy atom. The molecule has 0 radical (unpaired) electrons. The summed E-state index contributed by atoms with van der Waals surface area (Å²) in [5, 5.41) is 16.7. The number of aromatic nitrogens is 2. The van der Waals surface area contributed by atoms with Crippen molar-refractivity contribution in [3.8, 4) is 0 Å². The van der Waals surface area contributed by atoms with E-state index in [0.29, 0.717) is 11.6 Å². The van der Waals surface area contributed by atoms with Crippen LogP contribution in [0.3, 0.4) is 0 Å². The number of halogens is 1. The van der Waals surface area contributed by atoms with E-state index >= 15 is 0 Å². The molecule has 1 aliphatic heterocycles. The van der Waals surface area contributed by atoms with Gasteiger partial charge in [0.25, 0.3) is 5.91 Å². The van der Waals surface area contributed by atoms with E-state index in [-0.39, 0.29) is 23.0 Å². The molecule has 0 aromatic carbocycles. The summed E-state index contributed by atoms with van der Waals surface area (Å²) in [4.78, 5) is 13.5. The number of likely N-dealkylation sites (tertiary alicyclic amines) is 1. The SMILES string of the molecule is O=C(c1nnc(Cl)s1)N1CCCC1CO. The topological polar surface area (TPSA) is 66.3 Å². The summed E-state index contributed by atoms with van der Waals surface area (Å²) in [5.74, 6) is -0.184. The van der Waals surface area contributed by atoms with Crippen LogP contribution in [0.1, 0.15) is 22.6 Å². The summed E-state index contributed by atoms with van der Waals surface area (Å²) >= 11 is 6.67. The summed E-state index contributed by atoms with van der Waals surface area (Å²) in [5.41, 5.74) is 0. The fourth-order valence-electron chi connectivity index (χ4n) is 1.71. The zero-order valence-electron chi connectivity index (χ0n) is 7.89. The lowest BCUT2D eigenvalue weighted by Crippen LogP contribution is -2.37. The van der Waals surface area contributed by atoms with E-state index in [1.807, 2.05) is 0 Å². The van der Waals surface area contributed by atoms with Gasteiger partial charge in [0.2, 0.25) is 9.47 Å². The molecule has 2 rings (SSSR count). The molecule has 1 N–H and O–H groups in total. The third-order valence-corrected chi connectivity index (χ3v) is 3.44. The van der Waals surface area contributed by atoms with Gasteiger partial charge in [0.1, 0.15) is 0 Å². The highest BCUT2D eigenvalue weighted by atomic mass is 35.5. The van der Waals surface area contributed by atoms with Crippen molar-refractivity contribution in [3.63, 3.8) is 0 Å². The number of amides is 1. The second-order valence-electron chi connectivity index (χ2n) is 3.34. The molecule has 1 atom stereocenters. The number of aliphatic hydroxyl groups excluding tert-OH is 1. The van der Waals surface area contributed by atoms with E-state index in [1.165, 1.54) is 0 Å². The van der Waals surface area contributed by atoms with Crippen molar-refractivity contribution in [1.82, 2.24) is 15.1 Å². The quantitative estimate of drug-likeness (QED) is 0.839. The van der Waals surface area contributed by atoms with Crippen molar-refractivity contribution >= 4 is 28.8 Å². The fraction of sp³-hybridized carbons (Fsp3) is 0.625. The summed E-state index contributed by atoms with van der Waals surface area (Å²) in [7, 11) is 0. The summed E-state index contributed by atoms with van der Waals surface area (Å²) in [6, 6.07) is -0.0832. The van der Waals surface area contributed by atoms with Crippen LogP contribution >= 0.6 is 22.9 Å². The van der Waals surface area contributed by atoms with Crippen molar-refractivity contribution in [2.75, 3.05) is 13.2 Å². The van der Waals surface area contributed by atoms with Crippen LogP contribution in [-0.2, 0) is 0 Å². The highest BCUT2D eigenvalue weighted by molar-refractivity contribution is 7.17. The number of carbonyl (C=O) groups excluding carboxylic acids is 1. The normalized spacial score (nSPS) is 20.9. The molecular weight excluding hydrogens is 238 g/mol. The zero-order chi connectivity index (χ0) is 10.8. The van der Waals surface area contributed by atoms with Gasteiger partial charge in [0, 0.05) is 6.54 Å². The number of rotatable bonds is 2. The molecule has 1 aromatic heterocycles. The molecule has 1 saturated heterocycles. The molecular formula is C8H10ClN3O2S. The molecule has 0 aliphatic carbocycles. The molecule has 5 nitrogen and oxygen atoms in total. The molecule has 1 fully saturated rings. The lowest BCUT2D eigenvalue weighted by molar-refractivity contribution is 0.0676. The monoisotopic (exact) mass is 247 g/mol. The first kappa shape index (κ1) is 10.8. The van der Waals surface area contributed by atoms with Crippen LogP contribution in [0, 0.1) is 0 Å². The number of hydrogen-bond donors (Lipinski definition) is 1. The van der Waals surface area contributed by atoms with Crippen LogP contribution < -0.4 is 0 Å². The van der Waals surface area contributed by atoms with Gasteiger partial charge in [-0.15, -0.1) is 10.2 Å². The van der Waals surface area contributed by atoms with Crippen LogP contribution in [0.5, 0.6) is 0 Å². The lowest BCUT2D eigenvalue weighted by Gasteiger charge is -2.21. The maximum absolute atomic E-state index is 11.9. The van der Waals surface area contributed by atoms with Crippen LogP contribution in [0.25, 0.3) is 0 Å². The molecule has 0 bridgehead atoms. The molecule has 1 amide bonds. The van der Waals surface area contributed by atoms with E-state index in [0.717, 1.165) is 24.2 Å². The predicted molar refractivity (Wildman–Crippen MR) is 56.1 cm³/mol. The predicted octanol–water partition coefficient (Wildman–Crippen LogP) is 0.788. The Morgan fingerprint density at radius 1 is 1.67 bits per heavy atom. The molecule has 0 spiro atoms. The molecule has 15 heavy (non-hydrogen) atoms. The third-order valence-electron chi connectivity index (χ3n) is 2.43. The highest BCUT2D eigenvalue weighted by Gasteiger charge is 2.30. The van der Waals surface area contributed by atoms with Gasteiger partial charge in [0.05, 0.1) is 12.6 Å².